The van der Waals surface area contributed by atoms with Crippen LogP contribution in [0.4, 0.5) is 4.79 Å². The van der Waals surface area contributed by atoms with E-state index >= 15 is 0 Å². The van der Waals surface area contributed by atoms with E-state index in [0.29, 0.717) is 55.8 Å². The molecule has 1 unspecified atom stereocenters. The molecule has 15 heteroatoms. The van der Waals surface area contributed by atoms with Gasteiger partial charge in [-0.25, -0.2) is 23.5 Å². The van der Waals surface area contributed by atoms with Gasteiger partial charge in [0.2, 0.25) is 18.6 Å². The van der Waals surface area contributed by atoms with Crippen molar-refractivity contribution < 1.29 is 23.9 Å². The molecule has 0 aliphatic carbocycles. The number of nitrogens with zero attached hydrogens (tertiary/aromatic N) is 3. The smallest absolute Gasteiger partial charge is 0.348 e. The maximum absolute atomic E-state index is 14.2. The third-order valence-corrected chi connectivity index (χ3v) is 11.1. The number of nitrogens with two attached hydrogens (primary N) is 1. The highest BCUT2D eigenvalue weighted by Gasteiger charge is 2.42. The first-order chi connectivity index (χ1) is 26.2. The zero-order valence-electron chi connectivity index (χ0n) is 29.6. The third-order valence-electron chi connectivity index (χ3n) is 10.2. The number of amides is 3. The van der Waals surface area contributed by atoms with Crippen LogP contribution in [-0.4, -0.2) is 63.0 Å². The molecule has 7 rings (SSSR count). The Labute approximate surface area is 315 Å². The lowest BCUT2D eigenvalue weighted by Crippen LogP contribution is -2.53. The van der Waals surface area contributed by atoms with E-state index in [9.17, 15) is 24.0 Å². The molecule has 1 fully saturated rings. The first-order valence-corrected chi connectivity index (χ1v) is 19.0. The number of carbonyl (C=O) groups excluding carboxylic acids is 3. The van der Waals surface area contributed by atoms with Crippen LogP contribution in [0.1, 0.15) is 47.7 Å². The van der Waals surface area contributed by atoms with Gasteiger partial charge >= 0.3 is 11.4 Å². The Kier molecular flexibility index (Phi) is 11.1. The number of aromatic nitrogens is 3. The lowest BCUT2D eigenvalue weighted by atomic mass is 9.87. The Morgan fingerprint density at radius 3 is 2.15 bits per heavy atom. The van der Waals surface area contributed by atoms with Gasteiger partial charge in [-0.05, 0) is 92.2 Å². The fourth-order valence-corrected chi connectivity index (χ4v) is 8.12. The quantitative estimate of drug-likeness (QED) is 0.149. The van der Waals surface area contributed by atoms with Crippen LogP contribution < -0.4 is 42.5 Å². The number of hydrogen-bond donors (Lipinski definition) is 4. The van der Waals surface area contributed by atoms with E-state index in [1.165, 1.54) is 13.9 Å². The molecule has 1 spiro atoms. The molecule has 4 aromatic rings. The molecular weight excluding hydrogens is 711 g/mol. The molecule has 4 heterocycles. The number of rotatable bonds is 13. The fourth-order valence-electron chi connectivity index (χ4n) is 7.25. The van der Waals surface area contributed by atoms with Gasteiger partial charge in [0.15, 0.2) is 11.5 Å². The summed E-state index contributed by atoms with van der Waals surface area (Å²) in [5.74, 6) is -0.0973. The van der Waals surface area contributed by atoms with Crippen LogP contribution in [0.3, 0.4) is 0 Å². The first-order valence-electron chi connectivity index (χ1n) is 18.1. The minimum Gasteiger partial charge on any atom is -0.454 e. The van der Waals surface area contributed by atoms with Crippen LogP contribution in [0.25, 0.3) is 0 Å². The number of piperidine rings is 1. The van der Waals surface area contributed by atoms with Gasteiger partial charge < -0.3 is 31.2 Å². The van der Waals surface area contributed by atoms with Gasteiger partial charge in [0.1, 0.15) is 17.5 Å². The largest absolute Gasteiger partial charge is 0.454 e. The van der Waals surface area contributed by atoms with E-state index in [1.54, 1.807) is 24.3 Å². The summed E-state index contributed by atoms with van der Waals surface area (Å²) in [6, 6.07) is 22.4. The van der Waals surface area contributed by atoms with E-state index in [2.05, 4.69) is 16.0 Å². The number of primary amides is 1. The predicted molar refractivity (Wildman–Crippen MR) is 203 cm³/mol. The molecule has 3 amide bonds. The van der Waals surface area contributed by atoms with Crippen molar-refractivity contribution in [2.24, 2.45) is 5.73 Å². The summed E-state index contributed by atoms with van der Waals surface area (Å²) in [7, 11) is 0. The number of thioether (sulfide) groups is 1. The number of hydrogen-bond acceptors (Lipinski definition) is 9. The van der Waals surface area contributed by atoms with Crippen molar-refractivity contribution in [1.82, 2.24) is 29.9 Å². The zero-order chi connectivity index (χ0) is 37.7. The van der Waals surface area contributed by atoms with Crippen LogP contribution in [0, 0.1) is 0 Å². The van der Waals surface area contributed by atoms with Gasteiger partial charge in [-0.1, -0.05) is 78.9 Å². The van der Waals surface area contributed by atoms with Crippen LogP contribution >= 0.6 is 11.8 Å². The van der Waals surface area contributed by atoms with E-state index in [0.717, 1.165) is 22.9 Å². The summed E-state index contributed by atoms with van der Waals surface area (Å²) >= 11 is 0.799. The number of ether oxygens (including phenoxy) is 2. The van der Waals surface area contributed by atoms with Gasteiger partial charge in [0.25, 0.3) is 5.24 Å². The molecule has 3 aliphatic rings. The molecule has 0 bridgehead atoms. The lowest BCUT2D eigenvalue weighted by molar-refractivity contribution is -0.128. The molecule has 3 aromatic carbocycles. The molecule has 1 aromatic heterocycles. The monoisotopic (exact) mass is 753 g/mol. The molecule has 14 nitrogen and oxygen atoms in total. The van der Waals surface area contributed by atoms with Gasteiger partial charge in [0, 0.05) is 0 Å². The molecule has 3 aliphatic heterocycles. The van der Waals surface area contributed by atoms with Crippen LogP contribution in [0.5, 0.6) is 11.5 Å². The minimum atomic E-state index is -1.03. The van der Waals surface area contributed by atoms with Crippen LogP contribution in [0.2, 0.25) is 0 Å². The number of benzene rings is 3. The van der Waals surface area contributed by atoms with Gasteiger partial charge in [-0.3, -0.25) is 14.4 Å². The second-order valence-corrected chi connectivity index (χ2v) is 14.8. The van der Waals surface area contributed by atoms with Gasteiger partial charge in [0.05, 0.1) is 12.1 Å². The van der Waals surface area contributed by atoms with Crippen molar-refractivity contribution in [1.29, 1.82) is 0 Å². The summed E-state index contributed by atoms with van der Waals surface area (Å²) in [5.41, 5.74) is 6.56. The predicted octanol–water partition coefficient (Wildman–Crippen LogP) is 2.78. The molecule has 0 radical (unpaired) electrons. The van der Waals surface area contributed by atoms with Crippen molar-refractivity contribution in [2.45, 2.75) is 68.1 Å². The number of nitrogens with one attached hydrogen (secondary N) is 3. The van der Waals surface area contributed by atoms with Crippen LogP contribution in [0.15, 0.2) is 101 Å². The maximum atomic E-state index is 14.2. The van der Waals surface area contributed by atoms with E-state index in [-0.39, 0.29) is 26.2 Å². The normalized spacial score (nSPS) is 17.7. The summed E-state index contributed by atoms with van der Waals surface area (Å²) in [6.45, 7) is 1.38. The SMILES string of the molecule is NC(=O)[C@H](CCc1ccccc1)NC(=O)[C@H](CCc1ccccc1)NC(=O)SC1C=CC2(CCNCC2)n2c(=O)n(Cc3ccc4c(c3)OCO4)c(=O)n21. The second kappa shape index (κ2) is 16.2. The summed E-state index contributed by atoms with van der Waals surface area (Å²) in [6.07, 6.45) is 6.37. The van der Waals surface area contributed by atoms with Crippen molar-refractivity contribution in [2.75, 3.05) is 19.9 Å². The average Bonchev–Trinajstić information content (AvgIpc) is 3.76. The number of fused-ring (bicyclic) bond motifs is 3. The Morgan fingerprint density at radius 1 is 0.833 bits per heavy atom. The number of allylic oxidation sites excluding steroid dienone is 1. The Balaban J connectivity index is 1.12. The minimum absolute atomic E-state index is 0.00769. The summed E-state index contributed by atoms with van der Waals surface area (Å²) in [5, 5.41) is 7.47. The van der Waals surface area contributed by atoms with E-state index in [4.69, 9.17) is 15.2 Å². The van der Waals surface area contributed by atoms with E-state index < -0.39 is 51.4 Å². The number of carbonyl (C=O) groups is 3. The van der Waals surface area contributed by atoms with E-state index in [1.807, 2.05) is 66.7 Å². The topological polar surface area (TPSA) is 181 Å². The standard InChI is InChI=1S/C39H43N7O7S/c40-34(47)29(14-11-26-7-3-1-4-8-26)42-35(48)30(15-12-27-9-5-2-6-10-27)43-36(49)54-33-17-18-39(19-21-41-22-20-39)46-38(51)44(37(50)45(33)46)24-28-13-16-31-32(23-28)53-25-52-31/h1-10,13,16-18,23,29-30,33,41H,11-12,14-15,19-22,24-25H2,(H2,40,47)(H,42,48)(H,43,49)/t29-,30-,33?/m0/s1. The van der Waals surface area contributed by atoms with Crippen molar-refractivity contribution in [3.8, 4) is 11.5 Å². The molecule has 5 N–H and O–H groups in total. The molecule has 54 heavy (non-hydrogen) atoms. The Bertz CT molecular complexity index is 2140. The third kappa shape index (κ3) is 8.01. The first kappa shape index (κ1) is 36.8. The van der Waals surface area contributed by atoms with Crippen molar-refractivity contribution in [3.63, 3.8) is 0 Å². The molecule has 1 saturated heterocycles. The maximum Gasteiger partial charge on any atom is 0.348 e. The summed E-state index contributed by atoms with van der Waals surface area (Å²) < 4.78 is 15.0. The Hall–Kier alpha value is -5.54. The lowest BCUT2D eigenvalue weighted by Gasteiger charge is -2.40. The van der Waals surface area contributed by atoms with Gasteiger partial charge in [-0.2, -0.15) is 0 Å². The highest BCUT2D eigenvalue weighted by molar-refractivity contribution is 8.13. The van der Waals surface area contributed by atoms with Gasteiger partial charge in [-0.15, -0.1) is 0 Å². The summed E-state index contributed by atoms with van der Waals surface area (Å²) in [4.78, 5) is 68.4. The molecule has 3 atom stereocenters. The molecular formula is C39H43N7O7S. The highest BCUT2D eigenvalue weighted by atomic mass is 32.2. The van der Waals surface area contributed by atoms with Crippen molar-refractivity contribution in [3.05, 3.63) is 129 Å². The Morgan fingerprint density at radius 2 is 1.48 bits per heavy atom. The van der Waals surface area contributed by atoms with Crippen molar-refractivity contribution >= 4 is 28.8 Å². The van der Waals surface area contributed by atoms with Crippen LogP contribution in [-0.2, 0) is 34.5 Å². The second-order valence-electron chi connectivity index (χ2n) is 13.7. The molecule has 0 saturated carbocycles. The average molecular weight is 754 g/mol. The number of aryl methyl sites for hydroxylation is 2. The molecule has 282 valence electrons. The highest BCUT2D eigenvalue weighted by Crippen LogP contribution is 2.37. The zero-order valence-corrected chi connectivity index (χ0v) is 30.5. The fraction of sp³-hybridized carbons (Fsp3) is 0.359.